The van der Waals surface area contributed by atoms with Crippen LogP contribution < -0.4 is 10.6 Å². The third-order valence-corrected chi connectivity index (χ3v) is 4.12. The van der Waals surface area contributed by atoms with Crippen LogP contribution in [0.15, 0.2) is 29.6 Å². The lowest BCUT2D eigenvalue weighted by Gasteiger charge is -2.05. The minimum absolute atomic E-state index is 0. The Kier molecular flexibility index (Phi) is 9.13. The number of nitrogens with one attached hydrogen (secondary N) is 2. The van der Waals surface area contributed by atoms with Gasteiger partial charge in [-0.2, -0.15) is 0 Å². The molecular weight excluding hydrogens is 357 g/mol. The van der Waals surface area contributed by atoms with Crippen molar-refractivity contribution in [2.24, 2.45) is 0 Å². The Morgan fingerprint density at radius 1 is 1.30 bits per heavy atom. The van der Waals surface area contributed by atoms with Crippen LogP contribution in [0.3, 0.4) is 0 Å². The van der Waals surface area contributed by atoms with Gasteiger partial charge in [0.2, 0.25) is 0 Å². The largest absolute Gasteiger partial charge is 0.383 e. The zero-order valence-electron chi connectivity index (χ0n) is 12.7. The van der Waals surface area contributed by atoms with E-state index in [9.17, 15) is 4.79 Å². The molecule has 1 aromatic heterocycles. The van der Waals surface area contributed by atoms with Crippen molar-refractivity contribution in [3.8, 4) is 10.6 Å². The summed E-state index contributed by atoms with van der Waals surface area (Å²) in [6, 6.07) is 7.46. The number of rotatable bonds is 8. The molecule has 0 aliphatic rings. The maximum absolute atomic E-state index is 12.0. The van der Waals surface area contributed by atoms with Crippen molar-refractivity contribution >= 4 is 41.3 Å². The predicted octanol–water partition coefficient (Wildman–Crippen LogP) is 2.85. The van der Waals surface area contributed by atoms with Crippen molar-refractivity contribution in [2.75, 3.05) is 33.4 Å². The molecule has 0 aliphatic carbocycles. The summed E-state index contributed by atoms with van der Waals surface area (Å²) in [4.78, 5) is 16.4. The number of carbonyl (C=O) groups is 1. The van der Waals surface area contributed by atoms with Crippen LogP contribution >= 0.6 is 35.3 Å². The van der Waals surface area contributed by atoms with Gasteiger partial charge in [0.25, 0.3) is 5.91 Å². The van der Waals surface area contributed by atoms with Crippen LogP contribution in [0.4, 0.5) is 0 Å². The molecule has 0 saturated heterocycles. The van der Waals surface area contributed by atoms with Crippen molar-refractivity contribution in [3.63, 3.8) is 0 Å². The first kappa shape index (κ1) is 19.9. The van der Waals surface area contributed by atoms with E-state index in [1.165, 1.54) is 11.3 Å². The molecule has 1 heterocycles. The first-order valence-corrected chi connectivity index (χ1v) is 8.16. The fraction of sp³-hybridized carbons (Fsp3) is 0.333. The van der Waals surface area contributed by atoms with Gasteiger partial charge in [0, 0.05) is 37.7 Å². The molecule has 0 radical (unpaired) electrons. The second-order valence-electron chi connectivity index (χ2n) is 4.52. The van der Waals surface area contributed by atoms with Crippen LogP contribution in [0.25, 0.3) is 10.6 Å². The van der Waals surface area contributed by atoms with Crippen molar-refractivity contribution in [1.29, 1.82) is 0 Å². The number of methoxy groups -OCH3 is 1. The monoisotopic (exact) mass is 375 g/mol. The molecule has 126 valence electrons. The van der Waals surface area contributed by atoms with E-state index in [-0.39, 0.29) is 18.3 Å². The number of halogens is 2. The second kappa shape index (κ2) is 10.6. The molecule has 0 fully saturated rings. The zero-order valence-corrected chi connectivity index (χ0v) is 15.1. The number of hydrogen-bond acceptors (Lipinski definition) is 5. The molecule has 5 nitrogen and oxygen atoms in total. The summed E-state index contributed by atoms with van der Waals surface area (Å²) in [6.45, 7) is 2.65. The number of carbonyl (C=O) groups excluding carboxylic acids is 1. The van der Waals surface area contributed by atoms with Gasteiger partial charge < -0.3 is 15.4 Å². The van der Waals surface area contributed by atoms with Gasteiger partial charge in [0.1, 0.15) is 10.7 Å². The molecule has 1 aromatic carbocycles. The van der Waals surface area contributed by atoms with Gasteiger partial charge in [-0.05, 0) is 6.07 Å². The van der Waals surface area contributed by atoms with Crippen molar-refractivity contribution in [3.05, 3.63) is 40.4 Å². The molecule has 0 aliphatic heterocycles. The van der Waals surface area contributed by atoms with Crippen LogP contribution in [-0.4, -0.2) is 44.2 Å². The van der Waals surface area contributed by atoms with E-state index < -0.39 is 0 Å². The Bertz CT molecular complexity index is 622. The Hall–Kier alpha value is -1.18. The van der Waals surface area contributed by atoms with E-state index in [0.29, 0.717) is 30.4 Å². The molecule has 0 atom stereocenters. The maximum Gasteiger partial charge on any atom is 0.270 e. The summed E-state index contributed by atoms with van der Waals surface area (Å²) in [5.41, 5.74) is 1.26. The molecule has 1 amide bonds. The third-order valence-electron chi connectivity index (χ3n) is 2.91. The van der Waals surface area contributed by atoms with E-state index >= 15 is 0 Å². The lowest BCUT2D eigenvalue weighted by Crippen LogP contribution is -2.33. The number of ether oxygens (including phenoxy) is 1. The van der Waals surface area contributed by atoms with Crippen LogP contribution in [0.1, 0.15) is 10.5 Å². The van der Waals surface area contributed by atoms with Gasteiger partial charge in [-0.15, -0.1) is 23.7 Å². The van der Waals surface area contributed by atoms with Crippen molar-refractivity contribution in [1.82, 2.24) is 15.6 Å². The molecular formula is C15H19Cl2N3O2S. The summed E-state index contributed by atoms with van der Waals surface area (Å²) in [6.07, 6.45) is 0. The summed E-state index contributed by atoms with van der Waals surface area (Å²) in [7, 11) is 1.66. The molecule has 0 unspecified atom stereocenters. The topological polar surface area (TPSA) is 63.2 Å². The Morgan fingerprint density at radius 3 is 2.83 bits per heavy atom. The van der Waals surface area contributed by atoms with E-state index in [2.05, 4.69) is 15.6 Å². The molecule has 0 spiro atoms. The number of thiazole rings is 1. The van der Waals surface area contributed by atoms with Crippen LogP contribution in [0, 0.1) is 0 Å². The lowest BCUT2D eigenvalue weighted by molar-refractivity contribution is 0.0949. The quantitative estimate of drug-likeness (QED) is 0.696. The van der Waals surface area contributed by atoms with Crippen molar-refractivity contribution < 1.29 is 9.53 Å². The summed E-state index contributed by atoms with van der Waals surface area (Å²) in [5, 5.41) is 9.10. The number of aromatic nitrogens is 1. The molecule has 2 aromatic rings. The third kappa shape index (κ3) is 6.08. The molecule has 23 heavy (non-hydrogen) atoms. The highest BCUT2D eigenvalue weighted by atomic mass is 35.5. The van der Waals surface area contributed by atoms with E-state index in [1.54, 1.807) is 12.5 Å². The van der Waals surface area contributed by atoms with Gasteiger partial charge in [-0.1, -0.05) is 29.8 Å². The normalized spacial score (nSPS) is 10.2. The fourth-order valence-electron chi connectivity index (χ4n) is 1.79. The number of benzene rings is 1. The number of nitrogens with zero attached hydrogens (tertiary/aromatic N) is 1. The Labute approximate surface area is 150 Å². The molecule has 0 bridgehead atoms. The van der Waals surface area contributed by atoms with Crippen molar-refractivity contribution in [2.45, 2.75) is 0 Å². The maximum atomic E-state index is 12.0. The van der Waals surface area contributed by atoms with E-state index in [0.717, 1.165) is 17.1 Å². The minimum atomic E-state index is -0.178. The Morgan fingerprint density at radius 2 is 2.09 bits per heavy atom. The summed E-state index contributed by atoms with van der Waals surface area (Å²) < 4.78 is 4.92. The van der Waals surface area contributed by atoms with Gasteiger partial charge in [-0.3, -0.25) is 4.79 Å². The number of amides is 1. The predicted molar refractivity (Wildman–Crippen MR) is 96.9 cm³/mol. The summed E-state index contributed by atoms with van der Waals surface area (Å²) in [5.74, 6) is -0.178. The van der Waals surface area contributed by atoms with Gasteiger partial charge in [0.15, 0.2) is 0 Å². The second-order valence-corrected chi connectivity index (χ2v) is 5.78. The Balaban J connectivity index is 0.00000264. The average molecular weight is 376 g/mol. The van der Waals surface area contributed by atoms with Crippen LogP contribution in [-0.2, 0) is 4.74 Å². The average Bonchev–Trinajstić information content (AvgIpc) is 3.01. The highest BCUT2D eigenvalue weighted by Gasteiger charge is 2.12. The lowest BCUT2D eigenvalue weighted by atomic mass is 10.2. The molecule has 8 heteroatoms. The number of hydrogen-bond donors (Lipinski definition) is 2. The first-order valence-electron chi connectivity index (χ1n) is 6.90. The molecule has 2 N–H and O–H groups in total. The first-order chi connectivity index (χ1) is 10.7. The smallest absolute Gasteiger partial charge is 0.270 e. The van der Waals surface area contributed by atoms with E-state index in [1.807, 2.05) is 24.3 Å². The molecule has 2 rings (SSSR count). The summed E-state index contributed by atoms with van der Waals surface area (Å²) >= 11 is 7.55. The highest BCUT2D eigenvalue weighted by Crippen LogP contribution is 2.29. The molecule has 0 saturated carbocycles. The zero-order chi connectivity index (χ0) is 15.8. The minimum Gasteiger partial charge on any atom is -0.383 e. The van der Waals surface area contributed by atoms with Gasteiger partial charge in [-0.25, -0.2) is 4.98 Å². The highest BCUT2D eigenvalue weighted by molar-refractivity contribution is 7.13. The SMILES string of the molecule is COCCNCCNC(=O)c1csc(-c2ccccc2Cl)n1.Cl. The van der Waals surface area contributed by atoms with Gasteiger partial charge >= 0.3 is 0 Å². The van der Waals surface area contributed by atoms with Gasteiger partial charge in [0.05, 0.1) is 11.6 Å². The fourth-order valence-corrected chi connectivity index (χ4v) is 2.91. The van der Waals surface area contributed by atoms with E-state index in [4.69, 9.17) is 16.3 Å². The van der Waals surface area contributed by atoms with Crippen LogP contribution in [0.2, 0.25) is 5.02 Å². The van der Waals surface area contributed by atoms with Crippen LogP contribution in [0.5, 0.6) is 0 Å². The standard InChI is InChI=1S/C15H18ClN3O2S.ClH/c1-21-9-8-17-6-7-18-14(20)13-10-22-15(19-13)11-4-2-3-5-12(11)16;/h2-5,10,17H,6-9H2,1H3,(H,18,20);1H.